The van der Waals surface area contributed by atoms with E-state index < -0.39 is 85.1 Å². The summed E-state index contributed by atoms with van der Waals surface area (Å²) < 4.78 is 0. The Labute approximate surface area is 251 Å². The van der Waals surface area contributed by atoms with Gasteiger partial charge in [-0.15, -0.1) is 0 Å². The van der Waals surface area contributed by atoms with E-state index in [4.69, 9.17) is 16.6 Å². The Morgan fingerprint density at radius 1 is 0.721 bits per heavy atom. The summed E-state index contributed by atoms with van der Waals surface area (Å²) in [6, 6.07) is -4.56. The molecule has 16 nitrogen and oxygen atoms in total. The van der Waals surface area contributed by atoms with Crippen LogP contribution in [-0.4, -0.2) is 96.9 Å². The number of hydrogen-bond acceptors (Lipinski definition) is 9. The van der Waals surface area contributed by atoms with Crippen LogP contribution in [0.1, 0.15) is 71.6 Å². The van der Waals surface area contributed by atoms with E-state index in [0.717, 1.165) is 0 Å². The fourth-order valence-electron chi connectivity index (χ4n) is 4.32. The highest BCUT2D eigenvalue weighted by molar-refractivity contribution is 5.97. The average molecular weight is 613 g/mol. The average Bonchev–Trinajstić information content (AvgIpc) is 2.97. The Hall–Kier alpha value is -3.79. The molecule has 1 aliphatic rings. The van der Waals surface area contributed by atoms with Crippen molar-refractivity contribution < 1.29 is 38.7 Å². The number of unbranched alkanes of at least 4 members (excludes halogenated alkanes) is 2. The lowest BCUT2D eigenvalue weighted by molar-refractivity contribution is -0.138. The van der Waals surface area contributed by atoms with Crippen LogP contribution in [0.15, 0.2) is 0 Å². The summed E-state index contributed by atoms with van der Waals surface area (Å²) in [6.45, 7) is 3.26. The maximum atomic E-state index is 13.5. The van der Waals surface area contributed by atoms with E-state index in [1.165, 1.54) is 0 Å². The lowest BCUT2D eigenvalue weighted by atomic mass is 9.97. The summed E-state index contributed by atoms with van der Waals surface area (Å²) >= 11 is 0. The molecule has 43 heavy (non-hydrogen) atoms. The van der Waals surface area contributed by atoms with Crippen molar-refractivity contribution in [2.75, 3.05) is 26.2 Å². The molecule has 1 fully saturated rings. The Bertz CT molecular complexity index is 979. The van der Waals surface area contributed by atoms with Crippen molar-refractivity contribution in [2.45, 2.75) is 95.8 Å². The third-order valence-electron chi connectivity index (χ3n) is 7.12. The number of carbonyl (C=O) groups excluding carboxylic acids is 6. The van der Waals surface area contributed by atoms with Crippen molar-refractivity contribution in [1.29, 1.82) is 0 Å². The van der Waals surface area contributed by atoms with E-state index in [0.29, 0.717) is 45.2 Å². The fraction of sp³-hybridized carbons (Fsp3) is 0.741. The minimum Gasteiger partial charge on any atom is -0.481 e. The number of aliphatic carboxylic acids is 1. The van der Waals surface area contributed by atoms with E-state index in [1.807, 2.05) is 6.92 Å². The van der Waals surface area contributed by atoms with Gasteiger partial charge in [0.15, 0.2) is 0 Å². The molecule has 0 aromatic rings. The second-order valence-electron chi connectivity index (χ2n) is 10.6. The summed E-state index contributed by atoms with van der Waals surface area (Å²) in [5.41, 5.74) is 11.2. The molecule has 0 unspecified atom stereocenters. The molecule has 0 radical (unpaired) electrons. The third-order valence-corrected chi connectivity index (χ3v) is 7.12. The highest BCUT2D eigenvalue weighted by atomic mass is 16.4. The Morgan fingerprint density at radius 2 is 1.21 bits per heavy atom. The second kappa shape index (κ2) is 20.2. The zero-order valence-electron chi connectivity index (χ0n) is 25.0. The molecule has 0 aromatic heterocycles. The maximum Gasteiger partial charge on any atom is 0.303 e. The molecule has 1 aliphatic heterocycles. The number of rotatable bonds is 13. The Balaban J connectivity index is 3.42. The number of carboxylic acid groups (broad SMARTS) is 1. The van der Waals surface area contributed by atoms with Crippen LogP contribution in [0.4, 0.5) is 0 Å². The number of carbonyl (C=O) groups is 7. The van der Waals surface area contributed by atoms with Gasteiger partial charge in [0, 0.05) is 6.42 Å². The lowest BCUT2D eigenvalue weighted by Gasteiger charge is -2.28. The van der Waals surface area contributed by atoms with Gasteiger partial charge in [-0.25, -0.2) is 0 Å². The number of carboxylic acids is 1. The van der Waals surface area contributed by atoms with E-state index in [-0.39, 0.29) is 25.2 Å². The monoisotopic (exact) mass is 612 g/mol. The smallest absolute Gasteiger partial charge is 0.303 e. The molecule has 244 valence electrons. The highest BCUT2D eigenvalue weighted by Crippen LogP contribution is 2.11. The van der Waals surface area contributed by atoms with Gasteiger partial charge in [0.05, 0.1) is 13.1 Å². The summed E-state index contributed by atoms with van der Waals surface area (Å²) in [4.78, 5) is 89.2. The van der Waals surface area contributed by atoms with Crippen molar-refractivity contribution in [3.63, 3.8) is 0 Å². The molecule has 0 spiro atoms. The largest absolute Gasteiger partial charge is 0.481 e. The van der Waals surface area contributed by atoms with Gasteiger partial charge in [-0.1, -0.05) is 20.3 Å². The number of hydrogen-bond donors (Lipinski definition) is 9. The number of nitrogens with two attached hydrogens (primary N) is 2. The molecule has 11 N–H and O–H groups in total. The highest BCUT2D eigenvalue weighted by Gasteiger charge is 2.33. The minimum atomic E-state index is -1.33. The molecule has 1 rings (SSSR count). The molecule has 5 atom stereocenters. The van der Waals surface area contributed by atoms with Crippen LogP contribution < -0.4 is 43.4 Å². The minimum absolute atomic E-state index is 0.152. The summed E-state index contributed by atoms with van der Waals surface area (Å²) in [5.74, 6) is -5.70. The first-order valence-electron chi connectivity index (χ1n) is 14.8. The van der Waals surface area contributed by atoms with Crippen LogP contribution in [0.5, 0.6) is 0 Å². The fourth-order valence-corrected chi connectivity index (χ4v) is 4.32. The Morgan fingerprint density at radius 3 is 1.70 bits per heavy atom. The quantitative estimate of drug-likeness (QED) is 0.0974. The van der Waals surface area contributed by atoms with Gasteiger partial charge in [0.1, 0.15) is 24.2 Å². The SMILES string of the molecule is CC[C@H](C)[C@@H]1NC(=O)[C@H](CCCCN)NC(=O)[C@H](CCCCN)NC(=O)[C@H](CCC(=O)O)NC(=O)CNC(=O)CNC1=O. The summed E-state index contributed by atoms with van der Waals surface area (Å²) in [6.07, 6.45) is 2.20. The predicted octanol–water partition coefficient (Wildman–Crippen LogP) is -2.66. The zero-order valence-corrected chi connectivity index (χ0v) is 25.0. The van der Waals surface area contributed by atoms with Gasteiger partial charge in [0.25, 0.3) is 0 Å². The predicted molar refractivity (Wildman–Crippen MR) is 156 cm³/mol. The van der Waals surface area contributed by atoms with E-state index >= 15 is 0 Å². The topological polar surface area (TPSA) is 264 Å². The van der Waals surface area contributed by atoms with E-state index in [2.05, 4.69) is 31.9 Å². The van der Waals surface area contributed by atoms with Crippen LogP contribution in [0, 0.1) is 5.92 Å². The number of amides is 6. The van der Waals surface area contributed by atoms with Crippen molar-refractivity contribution in [3.05, 3.63) is 0 Å². The lowest BCUT2D eigenvalue weighted by Crippen LogP contribution is -2.60. The van der Waals surface area contributed by atoms with Crippen molar-refractivity contribution in [2.24, 2.45) is 17.4 Å². The van der Waals surface area contributed by atoms with E-state index in [1.54, 1.807) is 6.92 Å². The molecular formula is C27H48N8O8. The first kappa shape index (κ1) is 37.2. The van der Waals surface area contributed by atoms with Gasteiger partial charge in [-0.3, -0.25) is 33.6 Å². The first-order chi connectivity index (χ1) is 20.4. The summed E-state index contributed by atoms with van der Waals surface area (Å²) in [7, 11) is 0. The third kappa shape index (κ3) is 14.3. The van der Waals surface area contributed by atoms with Gasteiger partial charge in [-0.2, -0.15) is 0 Å². The number of nitrogens with one attached hydrogen (secondary N) is 6. The van der Waals surface area contributed by atoms with Crippen molar-refractivity contribution >= 4 is 41.4 Å². The van der Waals surface area contributed by atoms with Crippen LogP contribution in [0.2, 0.25) is 0 Å². The second-order valence-corrected chi connectivity index (χ2v) is 10.6. The van der Waals surface area contributed by atoms with Crippen molar-refractivity contribution in [1.82, 2.24) is 31.9 Å². The molecule has 16 heteroatoms. The van der Waals surface area contributed by atoms with E-state index in [9.17, 15) is 33.6 Å². The molecular weight excluding hydrogens is 564 g/mol. The summed E-state index contributed by atoms with van der Waals surface area (Å²) in [5, 5.41) is 24.3. The normalized spacial score (nSPS) is 23.8. The first-order valence-corrected chi connectivity index (χ1v) is 14.8. The molecule has 0 aromatic carbocycles. The van der Waals surface area contributed by atoms with Crippen LogP contribution in [-0.2, 0) is 33.6 Å². The standard InChI is InChI=1S/C27H48N8O8/c1-3-16(2)23-27(43)31-14-20(36)30-15-21(37)32-19(10-11-22(38)39)25(41)33-17(8-4-6-12-28)24(40)34-18(26(42)35-23)9-5-7-13-29/h16-19,23H,3-15,28-29H2,1-2H3,(H,30,36)(H,31,43)(H,32,37)(H,33,41)(H,34,40)(H,35,42)(H,38,39)/t16-,17-,18-,19-,23-/m0/s1. The molecule has 0 aliphatic carbocycles. The molecule has 1 heterocycles. The van der Waals surface area contributed by atoms with Crippen molar-refractivity contribution in [3.8, 4) is 0 Å². The van der Waals surface area contributed by atoms with Gasteiger partial charge in [0.2, 0.25) is 35.4 Å². The van der Waals surface area contributed by atoms with Crippen LogP contribution >= 0.6 is 0 Å². The zero-order chi connectivity index (χ0) is 32.4. The van der Waals surface area contributed by atoms with Crippen LogP contribution in [0.3, 0.4) is 0 Å². The maximum absolute atomic E-state index is 13.5. The Kier molecular flexibility index (Phi) is 17.5. The molecule has 1 saturated heterocycles. The van der Waals surface area contributed by atoms with Crippen LogP contribution in [0.25, 0.3) is 0 Å². The van der Waals surface area contributed by atoms with Gasteiger partial charge in [-0.05, 0) is 64.0 Å². The molecule has 0 saturated carbocycles. The molecule has 0 bridgehead atoms. The van der Waals surface area contributed by atoms with Gasteiger partial charge < -0.3 is 48.5 Å². The molecule has 6 amide bonds. The van der Waals surface area contributed by atoms with Gasteiger partial charge >= 0.3 is 5.97 Å².